The van der Waals surface area contributed by atoms with E-state index in [1.165, 1.54) is 7.11 Å². The van der Waals surface area contributed by atoms with Crippen LogP contribution in [0.15, 0.2) is 42.5 Å². The zero-order chi connectivity index (χ0) is 18.9. The fraction of sp³-hybridized carbons (Fsp3) is 0.263. The lowest BCUT2D eigenvalue weighted by molar-refractivity contribution is 0.0601. The van der Waals surface area contributed by atoms with E-state index in [1.54, 1.807) is 25.3 Å². The fourth-order valence-corrected chi connectivity index (χ4v) is 2.85. The lowest BCUT2D eigenvalue weighted by atomic mass is 10.1. The first kappa shape index (κ1) is 20.0. The van der Waals surface area contributed by atoms with Crippen molar-refractivity contribution in [3.05, 3.63) is 58.6 Å². The highest BCUT2D eigenvalue weighted by atomic mass is 35.5. The highest BCUT2D eigenvalue weighted by Crippen LogP contribution is 2.21. The number of benzene rings is 2. The number of methoxy groups -OCH3 is 2. The summed E-state index contributed by atoms with van der Waals surface area (Å²) in [6, 6.07) is 12.9. The Morgan fingerprint density at radius 1 is 1.19 bits per heavy atom. The van der Waals surface area contributed by atoms with E-state index >= 15 is 0 Å². The van der Waals surface area contributed by atoms with Gasteiger partial charge in [0.25, 0.3) is 0 Å². The molecule has 0 aliphatic carbocycles. The van der Waals surface area contributed by atoms with Crippen LogP contribution in [0.5, 0.6) is 5.75 Å². The molecule has 0 unspecified atom stereocenters. The first-order chi connectivity index (χ1) is 12.5. The predicted octanol–water partition coefficient (Wildman–Crippen LogP) is 4.05. The largest absolute Gasteiger partial charge is 0.496 e. The van der Waals surface area contributed by atoms with E-state index in [9.17, 15) is 4.79 Å². The van der Waals surface area contributed by atoms with Crippen LogP contribution in [-0.2, 0) is 11.2 Å². The second-order valence-electron chi connectivity index (χ2n) is 5.48. The molecule has 2 rings (SSSR count). The van der Waals surface area contributed by atoms with Crippen LogP contribution in [0, 0.1) is 0 Å². The zero-order valence-corrected chi connectivity index (χ0v) is 16.2. The molecule has 0 saturated heterocycles. The smallest absolute Gasteiger partial charge is 0.339 e. The van der Waals surface area contributed by atoms with Gasteiger partial charge in [-0.2, -0.15) is 0 Å². The van der Waals surface area contributed by atoms with Crippen LogP contribution in [0.4, 0.5) is 5.69 Å². The number of carbonyl (C=O) groups excluding carboxylic acids is 1. The molecule has 2 N–H and O–H groups in total. The van der Waals surface area contributed by atoms with Crippen molar-refractivity contribution in [1.82, 2.24) is 5.32 Å². The van der Waals surface area contributed by atoms with Crippen LogP contribution in [0.25, 0.3) is 0 Å². The zero-order valence-electron chi connectivity index (χ0n) is 14.7. The number of esters is 1. The van der Waals surface area contributed by atoms with Crippen molar-refractivity contribution in [2.45, 2.75) is 12.8 Å². The number of para-hydroxylation sites is 1. The maximum atomic E-state index is 11.7. The predicted molar refractivity (Wildman–Crippen MR) is 108 cm³/mol. The average Bonchev–Trinajstić information content (AvgIpc) is 2.66. The van der Waals surface area contributed by atoms with Gasteiger partial charge in [0.05, 0.1) is 24.8 Å². The molecule has 2 aromatic carbocycles. The second kappa shape index (κ2) is 9.99. The number of aryl methyl sites for hydroxylation is 1. The van der Waals surface area contributed by atoms with E-state index in [0.29, 0.717) is 22.4 Å². The summed E-state index contributed by atoms with van der Waals surface area (Å²) < 4.78 is 10.1. The fourth-order valence-electron chi connectivity index (χ4n) is 2.43. The summed E-state index contributed by atoms with van der Waals surface area (Å²) in [5.74, 6) is 0.402. The topological polar surface area (TPSA) is 59.6 Å². The SMILES string of the molecule is COC(=O)c1cc(NC(=S)NCCCc2ccccc2OC)ccc1Cl. The Labute approximate surface area is 163 Å². The van der Waals surface area contributed by atoms with Crippen LogP contribution >= 0.6 is 23.8 Å². The summed E-state index contributed by atoms with van der Waals surface area (Å²) in [5.41, 5.74) is 2.12. The van der Waals surface area contributed by atoms with Crippen LogP contribution < -0.4 is 15.4 Å². The normalized spacial score (nSPS) is 10.1. The first-order valence-electron chi connectivity index (χ1n) is 8.09. The summed E-state index contributed by atoms with van der Waals surface area (Å²) in [6.07, 6.45) is 1.78. The maximum absolute atomic E-state index is 11.7. The molecule has 0 aliphatic heterocycles. The van der Waals surface area contributed by atoms with Crippen molar-refractivity contribution in [2.75, 3.05) is 26.1 Å². The molecule has 0 saturated carbocycles. The molecule has 2 aromatic rings. The van der Waals surface area contributed by atoms with Crippen molar-refractivity contribution < 1.29 is 14.3 Å². The minimum Gasteiger partial charge on any atom is -0.496 e. The van der Waals surface area contributed by atoms with Crippen LogP contribution in [0.3, 0.4) is 0 Å². The second-order valence-corrected chi connectivity index (χ2v) is 6.30. The quantitative estimate of drug-likeness (QED) is 0.421. The molecular formula is C19H21ClN2O3S. The Morgan fingerprint density at radius 2 is 1.96 bits per heavy atom. The molecule has 0 amide bonds. The number of hydrogen-bond acceptors (Lipinski definition) is 4. The molecule has 0 aromatic heterocycles. The molecule has 0 aliphatic rings. The van der Waals surface area contributed by atoms with Gasteiger partial charge in [0.2, 0.25) is 0 Å². The van der Waals surface area contributed by atoms with E-state index in [4.69, 9.17) is 33.3 Å². The van der Waals surface area contributed by atoms with Crippen LogP contribution in [-0.4, -0.2) is 31.8 Å². The van der Waals surface area contributed by atoms with Gasteiger partial charge in [-0.3, -0.25) is 0 Å². The Kier molecular flexibility index (Phi) is 7.69. The van der Waals surface area contributed by atoms with Crippen LogP contribution in [0.2, 0.25) is 5.02 Å². The van der Waals surface area contributed by atoms with Gasteiger partial charge in [0.1, 0.15) is 5.75 Å². The van der Waals surface area contributed by atoms with E-state index in [-0.39, 0.29) is 5.56 Å². The third-order valence-corrected chi connectivity index (χ3v) is 4.31. The van der Waals surface area contributed by atoms with Gasteiger partial charge in [-0.25, -0.2) is 4.79 Å². The van der Waals surface area contributed by atoms with Crippen molar-refractivity contribution in [3.8, 4) is 5.75 Å². The lowest BCUT2D eigenvalue weighted by Gasteiger charge is -2.12. The summed E-state index contributed by atoms with van der Waals surface area (Å²) >= 11 is 11.3. The van der Waals surface area contributed by atoms with Gasteiger partial charge in [0, 0.05) is 12.2 Å². The summed E-state index contributed by atoms with van der Waals surface area (Å²) in [6.45, 7) is 0.710. The molecule has 0 spiro atoms. The van der Waals surface area contributed by atoms with E-state index in [1.807, 2.05) is 18.2 Å². The Morgan fingerprint density at radius 3 is 2.69 bits per heavy atom. The van der Waals surface area contributed by atoms with Gasteiger partial charge in [-0.15, -0.1) is 0 Å². The molecule has 0 radical (unpaired) electrons. The van der Waals surface area contributed by atoms with Gasteiger partial charge >= 0.3 is 5.97 Å². The minimum absolute atomic E-state index is 0.290. The minimum atomic E-state index is -0.491. The summed E-state index contributed by atoms with van der Waals surface area (Å²) in [5, 5.41) is 6.99. The summed E-state index contributed by atoms with van der Waals surface area (Å²) in [7, 11) is 2.98. The first-order valence-corrected chi connectivity index (χ1v) is 8.88. The molecular weight excluding hydrogens is 372 g/mol. The number of ether oxygens (including phenoxy) is 2. The molecule has 26 heavy (non-hydrogen) atoms. The lowest BCUT2D eigenvalue weighted by Crippen LogP contribution is -2.29. The van der Waals surface area contributed by atoms with Gasteiger partial charge in [-0.05, 0) is 54.9 Å². The maximum Gasteiger partial charge on any atom is 0.339 e. The molecule has 0 heterocycles. The Bertz CT molecular complexity index is 783. The van der Waals surface area contributed by atoms with E-state index < -0.39 is 5.97 Å². The van der Waals surface area contributed by atoms with Gasteiger partial charge in [-0.1, -0.05) is 29.8 Å². The number of nitrogens with one attached hydrogen (secondary N) is 2. The number of halogens is 1. The standard InChI is InChI=1S/C19H21ClN2O3S/c1-24-17-8-4-3-6-13(17)7-5-11-21-19(26)22-14-9-10-16(20)15(12-14)18(23)25-2/h3-4,6,8-10,12H,5,7,11H2,1-2H3,(H2,21,22,26). The van der Waals surface area contributed by atoms with Gasteiger partial charge < -0.3 is 20.1 Å². The molecule has 0 fully saturated rings. The van der Waals surface area contributed by atoms with Crippen molar-refractivity contribution in [2.24, 2.45) is 0 Å². The molecule has 0 atom stereocenters. The van der Waals surface area contributed by atoms with Gasteiger partial charge in [0.15, 0.2) is 5.11 Å². The number of anilines is 1. The third-order valence-electron chi connectivity index (χ3n) is 3.73. The molecule has 5 nitrogen and oxygen atoms in total. The number of hydrogen-bond donors (Lipinski definition) is 2. The van der Waals surface area contributed by atoms with E-state index in [0.717, 1.165) is 24.2 Å². The van der Waals surface area contributed by atoms with Crippen LogP contribution in [0.1, 0.15) is 22.3 Å². The molecule has 138 valence electrons. The van der Waals surface area contributed by atoms with E-state index in [2.05, 4.69) is 16.7 Å². The Hall–Kier alpha value is -2.31. The summed E-state index contributed by atoms with van der Waals surface area (Å²) in [4.78, 5) is 11.7. The third kappa shape index (κ3) is 5.61. The number of thiocarbonyl (C=S) groups is 1. The monoisotopic (exact) mass is 392 g/mol. The van der Waals surface area contributed by atoms with Crippen molar-refractivity contribution in [3.63, 3.8) is 0 Å². The average molecular weight is 393 g/mol. The highest BCUT2D eigenvalue weighted by molar-refractivity contribution is 7.80. The number of carbonyl (C=O) groups is 1. The van der Waals surface area contributed by atoms with Crippen molar-refractivity contribution >= 4 is 40.6 Å². The van der Waals surface area contributed by atoms with Crippen molar-refractivity contribution in [1.29, 1.82) is 0 Å². The molecule has 0 bridgehead atoms. The number of rotatable bonds is 7. The molecule has 7 heteroatoms. The highest BCUT2D eigenvalue weighted by Gasteiger charge is 2.11. The Balaban J connectivity index is 1.83.